The number of halogens is 4. The number of carbonyl (C=O) groups excluding carboxylic acids is 2. The van der Waals surface area contributed by atoms with Crippen LogP contribution in [0.2, 0.25) is 0 Å². The minimum absolute atomic E-state index is 0.0444. The molecule has 0 bridgehead atoms. The van der Waals surface area contributed by atoms with Crippen LogP contribution in [0.3, 0.4) is 0 Å². The molecular weight excluding hydrogens is 458 g/mol. The number of hydrogen-bond acceptors (Lipinski definition) is 4. The van der Waals surface area contributed by atoms with Crippen LogP contribution in [0.4, 0.5) is 28.0 Å². The van der Waals surface area contributed by atoms with E-state index in [0.717, 1.165) is 12.1 Å². The smallest absolute Gasteiger partial charge is 0.387 e. The Labute approximate surface area is 183 Å². The van der Waals surface area contributed by atoms with Crippen molar-refractivity contribution in [2.24, 2.45) is 0 Å². The largest absolute Gasteiger partial charge is 0.435 e. The molecule has 0 aliphatic carbocycles. The van der Waals surface area contributed by atoms with Crippen LogP contribution in [0.25, 0.3) is 0 Å². The maximum absolute atomic E-state index is 13.6. The van der Waals surface area contributed by atoms with Crippen molar-refractivity contribution in [3.8, 4) is 5.75 Å². The molecule has 2 atom stereocenters. The summed E-state index contributed by atoms with van der Waals surface area (Å²) in [5.41, 5.74) is 0.311. The quantitative estimate of drug-likeness (QED) is 0.380. The van der Waals surface area contributed by atoms with Gasteiger partial charge in [0.05, 0.1) is 0 Å². The number of carbonyl (C=O) groups is 2. The lowest BCUT2D eigenvalue weighted by molar-refractivity contribution is -0.120. The maximum atomic E-state index is 13.6. The van der Waals surface area contributed by atoms with Crippen molar-refractivity contribution in [1.29, 1.82) is 0 Å². The van der Waals surface area contributed by atoms with Crippen molar-refractivity contribution in [2.45, 2.75) is 26.0 Å². The summed E-state index contributed by atoms with van der Waals surface area (Å²) < 4.78 is 77.3. The highest BCUT2D eigenvalue weighted by Crippen LogP contribution is 2.22. The van der Waals surface area contributed by atoms with E-state index in [4.69, 9.17) is 4.55 Å². The normalized spacial score (nSPS) is 12.7. The molecule has 3 N–H and O–H groups in total. The summed E-state index contributed by atoms with van der Waals surface area (Å²) in [4.78, 5) is 26.2. The van der Waals surface area contributed by atoms with Gasteiger partial charge in [0.2, 0.25) is 5.91 Å². The highest BCUT2D eigenvalue weighted by atomic mass is 32.2. The number of rotatable bonds is 9. The Kier molecular flexibility index (Phi) is 8.96. The van der Waals surface area contributed by atoms with Gasteiger partial charge in [-0.3, -0.25) is 9.35 Å². The van der Waals surface area contributed by atoms with Gasteiger partial charge in [0.15, 0.2) is 0 Å². The summed E-state index contributed by atoms with van der Waals surface area (Å²) in [6.07, 6.45) is -0.345. The van der Waals surface area contributed by atoms with Gasteiger partial charge in [-0.15, -0.1) is 0 Å². The van der Waals surface area contributed by atoms with Gasteiger partial charge in [0.25, 0.3) is 11.3 Å². The zero-order valence-electron chi connectivity index (χ0n) is 16.6. The van der Waals surface area contributed by atoms with E-state index in [1.165, 1.54) is 29.2 Å². The highest BCUT2D eigenvalue weighted by Gasteiger charge is 2.27. The number of anilines is 1. The van der Waals surface area contributed by atoms with Gasteiger partial charge in [-0.2, -0.15) is 8.78 Å². The van der Waals surface area contributed by atoms with E-state index >= 15 is 0 Å². The summed E-state index contributed by atoms with van der Waals surface area (Å²) in [6, 6.07) is 5.11. The average Bonchev–Trinajstić information content (AvgIpc) is 2.67. The molecule has 0 saturated carbocycles. The number of nitrogens with one attached hydrogen (secondary N) is 2. The van der Waals surface area contributed by atoms with Gasteiger partial charge in [0.1, 0.15) is 23.4 Å². The number of amides is 3. The Morgan fingerprint density at radius 1 is 1.12 bits per heavy atom. The molecule has 0 heterocycles. The molecule has 2 aromatic carbocycles. The molecule has 0 aliphatic rings. The predicted octanol–water partition coefficient (Wildman–Crippen LogP) is 2.97. The molecule has 13 heteroatoms. The molecule has 8 nitrogen and oxygen atoms in total. The molecule has 2 unspecified atom stereocenters. The molecule has 2 rings (SSSR count). The van der Waals surface area contributed by atoms with E-state index in [9.17, 15) is 31.4 Å². The van der Waals surface area contributed by atoms with Crippen LogP contribution in [-0.4, -0.2) is 39.9 Å². The van der Waals surface area contributed by atoms with E-state index < -0.39 is 47.5 Å². The van der Waals surface area contributed by atoms with Gasteiger partial charge >= 0.3 is 12.6 Å². The highest BCUT2D eigenvalue weighted by molar-refractivity contribution is 7.77. The Balaban J connectivity index is 2.30. The average molecular weight is 477 g/mol. The second-order valence-corrected chi connectivity index (χ2v) is 7.02. The standard InChI is InChI=1S/C19H19F4N3O5S/c1-2-26(14-3-5-15(6-4-14)31-18(22)23)17(27)16(24-19(28)25-32(29)30)9-11-7-12(20)10-13(21)8-11/h3-8,10,16,18H,2,9H2,1H3,(H,29,30)(H2,24,25,28). The Morgan fingerprint density at radius 3 is 2.22 bits per heavy atom. The fourth-order valence-corrected chi connectivity index (χ4v) is 3.11. The van der Waals surface area contributed by atoms with E-state index in [2.05, 4.69) is 10.1 Å². The van der Waals surface area contributed by atoms with Crippen LogP contribution in [-0.2, 0) is 22.5 Å². The second-order valence-electron chi connectivity index (χ2n) is 6.31. The van der Waals surface area contributed by atoms with Gasteiger partial charge in [0, 0.05) is 24.7 Å². The molecule has 2 aromatic rings. The third-order valence-corrected chi connectivity index (χ3v) is 4.46. The zero-order valence-corrected chi connectivity index (χ0v) is 17.4. The van der Waals surface area contributed by atoms with Gasteiger partial charge < -0.3 is 15.0 Å². The summed E-state index contributed by atoms with van der Waals surface area (Å²) in [5.74, 6) is -2.65. The number of alkyl halides is 2. The number of ether oxygens (including phenoxy) is 1. The monoisotopic (exact) mass is 477 g/mol. The molecule has 32 heavy (non-hydrogen) atoms. The fourth-order valence-electron chi connectivity index (χ4n) is 2.89. The first-order chi connectivity index (χ1) is 15.1. The molecular formula is C19H19F4N3O5S. The van der Waals surface area contributed by atoms with E-state index in [0.29, 0.717) is 6.07 Å². The molecule has 0 spiro atoms. The Morgan fingerprint density at radius 2 is 1.72 bits per heavy atom. The number of nitrogens with zero attached hydrogens (tertiary/aromatic N) is 1. The molecule has 0 saturated heterocycles. The lowest BCUT2D eigenvalue weighted by Crippen LogP contribution is -2.52. The number of likely N-dealkylation sites (N-methyl/N-ethyl adjacent to an activating group) is 1. The van der Waals surface area contributed by atoms with Crippen molar-refractivity contribution in [3.05, 3.63) is 59.7 Å². The van der Waals surface area contributed by atoms with Gasteiger partial charge in [-0.1, -0.05) is 0 Å². The van der Waals surface area contributed by atoms with Gasteiger partial charge in [-0.25, -0.2) is 22.5 Å². The van der Waals surface area contributed by atoms with Gasteiger partial charge in [-0.05, 0) is 48.9 Å². The summed E-state index contributed by atoms with van der Waals surface area (Å²) >= 11 is -2.72. The van der Waals surface area contributed by atoms with Crippen LogP contribution in [0.5, 0.6) is 5.75 Å². The third kappa shape index (κ3) is 7.50. The molecule has 0 aliphatic heterocycles. The van der Waals surface area contributed by atoms with Crippen LogP contribution in [0.15, 0.2) is 42.5 Å². The topological polar surface area (TPSA) is 108 Å². The van der Waals surface area contributed by atoms with Crippen molar-refractivity contribution in [1.82, 2.24) is 10.0 Å². The van der Waals surface area contributed by atoms with Crippen molar-refractivity contribution in [3.63, 3.8) is 0 Å². The predicted molar refractivity (Wildman–Crippen MR) is 107 cm³/mol. The van der Waals surface area contributed by atoms with E-state index in [-0.39, 0.29) is 30.0 Å². The minimum Gasteiger partial charge on any atom is -0.435 e. The zero-order chi connectivity index (χ0) is 23.8. The molecule has 0 fully saturated rings. The first-order valence-electron chi connectivity index (χ1n) is 9.08. The summed E-state index contributed by atoms with van der Waals surface area (Å²) in [7, 11) is 0. The SMILES string of the molecule is CCN(C(=O)C(Cc1cc(F)cc(F)c1)NC(=O)NS(=O)O)c1ccc(OC(F)F)cc1. The lowest BCUT2D eigenvalue weighted by Gasteiger charge is -2.27. The molecule has 174 valence electrons. The first-order valence-corrected chi connectivity index (χ1v) is 10.2. The Hall–Kier alpha value is -3.19. The minimum atomic E-state index is -3.03. The van der Waals surface area contributed by atoms with Crippen LogP contribution in [0.1, 0.15) is 12.5 Å². The first kappa shape index (κ1) is 25.1. The van der Waals surface area contributed by atoms with E-state index in [1.54, 1.807) is 11.6 Å². The van der Waals surface area contributed by atoms with Crippen molar-refractivity contribution in [2.75, 3.05) is 11.4 Å². The Bertz CT molecular complexity index is 958. The van der Waals surface area contributed by atoms with Crippen LogP contribution in [0, 0.1) is 11.6 Å². The number of benzene rings is 2. The lowest BCUT2D eigenvalue weighted by atomic mass is 10.0. The molecule has 0 aromatic heterocycles. The molecule has 0 radical (unpaired) electrons. The summed E-state index contributed by atoms with van der Waals surface area (Å²) in [5, 5.41) is 2.19. The maximum Gasteiger partial charge on any atom is 0.387 e. The van der Waals surface area contributed by atoms with Crippen LogP contribution >= 0.6 is 0 Å². The number of urea groups is 1. The second kappa shape index (κ2) is 11.4. The van der Waals surface area contributed by atoms with Crippen LogP contribution < -0.4 is 19.7 Å². The number of hydrogen-bond donors (Lipinski definition) is 3. The van der Waals surface area contributed by atoms with Crippen molar-refractivity contribution >= 4 is 28.9 Å². The van der Waals surface area contributed by atoms with E-state index in [1.807, 2.05) is 0 Å². The van der Waals surface area contributed by atoms with Crippen molar-refractivity contribution < 1.29 is 40.6 Å². The molecule has 3 amide bonds. The third-order valence-electron chi connectivity index (χ3n) is 4.10. The fraction of sp³-hybridized carbons (Fsp3) is 0.263. The summed E-state index contributed by atoms with van der Waals surface area (Å²) in [6.45, 7) is -1.35.